The van der Waals surface area contributed by atoms with Crippen molar-refractivity contribution >= 4 is 22.6 Å². The number of fused-ring (bicyclic) bond motifs is 1. The number of nitrogens with zero attached hydrogens (tertiary/aromatic N) is 1. The summed E-state index contributed by atoms with van der Waals surface area (Å²) in [4.78, 5) is 18.2. The number of aliphatic imine (C=N–C) groups is 1. The molecule has 7 rings (SSSR count). The van der Waals surface area contributed by atoms with E-state index in [9.17, 15) is 9.18 Å². The van der Waals surface area contributed by atoms with Crippen molar-refractivity contribution in [2.24, 2.45) is 10.9 Å². The van der Waals surface area contributed by atoms with Crippen LogP contribution >= 0.6 is 11.8 Å². The Hall–Kier alpha value is -4.43. The van der Waals surface area contributed by atoms with Crippen molar-refractivity contribution in [3.05, 3.63) is 179 Å². The number of hydrogen-bond donors (Lipinski definition) is 0. The van der Waals surface area contributed by atoms with Gasteiger partial charge in [-0.1, -0.05) is 133 Å². The third-order valence-corrected chi connectivity index (χ3v) is 10.3. The second-order valence-electron chi connectivity index (χ2n) is 11.9. The third-order valence-electron chi connectivity index (χ3n) is 9.16. The van der Waals surface area contributed by atoms with Crippen molar-refractivity contribution in [1.82, 2.24) is 0 Å². The summed E-state index contributed by atoms with van der Waals surface area (Å²) in [5.41, 5.74) is 1.39. The molecule has 0 amide bonds. The van der Waals surface area contributed by atoms with Crippen molar-refractivity contribution in [2.45, 2.75) is 23.7 Å². The van der Waals surface area contributed by atoms with Crippen molar-refractivity contribution in [1.29, 1.82) is 0 Å². The summed E-state index contributed by atoms with van der Waals surface area (Å²) in [7, 11) is 0. The molecular weight excluding hydrogens is 613 g/mol. The molecule has 0 aromatic heterocycles. The lowest BCUT2D eigenvalue weighted by molar-refractivity contribution is -0.0536. The fourth-order valence-corrected chi connectivity index (χ4v) is 8.16. The third kappa shape index (κ3) is 5.84. The Kier molecular flexibility index (Phi) is 8.86. The second-order valence-corrected chi connectivity index (χ2v) is 12.9. The largest absolute Gasteiger partial charge is 0.372 e. The van der Waals surface area contributed by atoms with Crippen molar-refractivity contribution < 1.29 is 23.0 Å². The van der Waals surface area contributed by atoms with Crippen LogP contribution in [-0.4, -0.2) is 35.9 Å². The maximum Gasteiger partial charge on any atom is 0.169 e. The molecule has 2 aliphatic heterocycles. The molecule has 4 nitrogen and oxygen atoms in total. The Morgan fingerprint density at radius 1 is 0.787 bits per heavy atom. The smallest absolute Gasteiger partial charge is 0.169 e. The highest BCUT2D eigenvalue weighted by Crippen LogP contribution is 2.50. The first kappa shape index (κ1) is 31.2. The van der Waals surface area contributed by atoms with Gasteiger partial charge in [0.05, 0.1) is 30.8 Å². The van der Waals surface area contributed by atoms with Crippen LogP contribution in [0.2, 0.25) is 0 Å². The number of hydrogen-bond acceptors (Lipinski definition) is 5. The first-order valence-corrected chi connectivity index (χ1v) is 16.7. The van der Waals surface area contributed by atoms with Gasteiger partial charge in [0, 0.05) is 22.8 Å². The molecule has 7 heteroatoms. The number of carbonyl (C=O) groups excluding carboxylic acids is 1. The van der Waals surface area contributed by atoms with Crippen LogP contribution in [-0.2, 0) is 20.6 Å². The normalized spacial score (nSPS) is 20.8. The van der Waals surface area contributed by atoms with Gasteiger partial charge in [-0.25, -0.2) is 8.78 Å². The highest BCUT2D eigenvalue weighted by atomic mass is 32.2. The second kappa shape index (κ2) is 13.4. The molecule has 1 saturated heterocycles. The van der Waals surface area contributed by atoms with Gasteiger partial charge >= 0.3 is 0 Å². The van der Waals surface area contributed by atoms with E-state index < -0.39 is 28.9 Å². The molecule has 0 saturated carbocycles. The van der Waals surface area contributed by atoms with E-state index in [-0.39, 0.29) is 36.9 Å². The minimum atomic E-state index is -1.22. The minimum Gasteiger partial charge on any atom is -0.372 e. The Morgan fingerprint density at radius 3 is 1.91 bits per heavy atom. The van der Waals surface area contributed by atoms with Crippen LogP contribution in [0, 0.1) is 17.6 Å². The lowest BCUT2D eigenvalue weighted by Crippen LogP contribution is -2.43. The Balaban J connectivity index is 1.27. The number of Topliss-reactive ketones (excluding diaryl/α,β-unsaturated/α-hetero) is 1. The van der Waals surface area contributed by atoms with Gasteiger partial charge in [0.25, 0.3) is 0 Å². The number of rotatable bonds is 10. The molecule has 2 aliphatic rings. The molecular formula is C40H33F2NO3S. The standard InChI is InChI=1S/C40H33F2NO3S/c41-34-23-13-22-32(38(34)42)39-27-45-36(33(39)26-47-37(43-39)24-35(44)28-14-5-1-6-15-28)25-46-40(29-16-7-2-8-17-29,30-18-9-3-10-19-30)31-20-11-4-12-21-31/h1-23,33,36H,24-27H2/t33-,36-,39-/m1/s1. The summed E-state index contributed by atoms with van der Waals surface area (Å²) in [6, 6.07) is 43.4. The van der Waals surface area contributed by atoms with Crippen LogP contribution < -0.4 is 0 Å². The molecule has 2 heterocycles. The van der Waals surface area contributed by atoms with Crippen LogP contribution in [0.1, 0.15) is 39.0 Å². The highest BCUT2D eigenvalue weighted by Gasteiger charge is 2.55. The van der Waals surface area contributed by atoms with Crippen LogP contribution in [0.5, 0.6) is 0 Å². The number of carbonyl (C=O) groups is 1. The number of ketones is 1. The number of halogens is 2. The summed E-state index contributed by atoms with van der Waals surface area (Å²) in [5, 5.41) is 0.580. The molecule has 0 bridgehead atoms. The van der Waals surface area contributed by atoms with Gasteiger partial charge < -0.3 is 9.47 Å². The van der Waals surface area contributed by atoms with Crippen LogP contribution in [0.4, 0.5) is 8.78 Å². The summed E-state index contributed by atoms with van der Waals surface area (Å²) >= 11 is 1.47. The van der Waals surface area contributed by atoms with Crippen molar-refractivity contribution in [3.8, 4) is 0 Å². The van der Waals surface area contributed by atoms with E-state index in [2.05, 4.69) is 36.4 Å². The molecule has 47 heavy (non-hydrogen) atoms. The molecule has 1 fully saturated rings. The molecule has 0 N–H and O–H groups in total. The molecule has 5 aromatic carbocycles. The van der Waals surface area contributed by atoms with Crippen LogP contribution in [0.25, 0.3) is 0 Å². The highest BCUT2D eigenvalue weighted by molar-refractivity contribution is 8.14. The van der Waals surface area contributed by atoms with Crippen LogP contribution in [0.3, 0.4) is 0 Å². The molecule has 0 spiro atoms. The quantitative estimate of drug-likeness (QED) is 0.113. The van der Waals surface area contributed by atoms with Gasteiger partial charge in [0.15, 0.2) is 17.4 Å². The molecule has 5 aromatic rings. The summed E-state index contributed by atoms with van der Waals surface area (Å²) in [6.45, 7) is 0.195. The van der Waals surface area contributed by atoms with E-state index in [0.717, 1.165) is 22.8 Å². The van der Waals surface area contributed by atoms with E-state index in [0.29, 0.717) is 16.4 Å². The van der Waals surface area contributed by atoms with Gasteiger partial charge in [-0.3, -0.25) is 9.79 Å². The maximum atomic E-state index is 15.6. The van der Waals surface area contributed by atoms with Gasteiger partial charge in [-0.05, 0) is 22.8 Å². The average Bonchev–Trinajstić information content (AvgIpc) is 3.50. The number of benzene rings is 5. The van der Waals surface area contributed by atoms with Gasteiger partial charge in [0.1, 0.15) is 11.1 Å². The fraction of sp³-hybridized carbons (Fsp3) is 0.200. The predicted octanol–water partition coefficient (Wildman–Crippen LogP) is 8.60. The summed E-state index contributed by atoms with van der Waals surface area (Å²) in [6.07, 6.45) is -0.420. The summed E-state index contributed by atoms with van der Waals surface area (Å²) < 4.78 is 43.9. The zero-order chi connectivity index (χ0) is 32.3. The van der Waals surface area contributed by atoms with Gasteiger partial charge in [0.2, 0.25) is 0 Å². The zero-order valence-corrected chi connectivity index (χ0v) is 26.4. The lowest BCUT2D eigenvalue weighted by Gasteiger charge is -2.39. The van der Waals surface area contributed by atoms with E-state index in [1.54, 1.807) is 18.2 Å². The van der Waals surface area contributed by atoms with Crippen LogP contribution in [0.15, 0.2) is 145 Å². The SMILES string of the molecule is O=C(CC1=N[C@@]2(c3cccc(F)c3F)CO[C@H](COC(c3ccccc3)(c3ccccc3)c3ccccc3)[C@H]2CS1)c1ccccc1. The van der Waals surface area contributed by atoms with E-state index in [4.69, 9.17) is 14.5 Å². The molecule has 236 valence electrons. The van der Waals surface area contributed by atoms with E-state index in [1.807, 2.05) is 72.8 Å². The average molecular weight is 646 g/mol. The molecule has 0 aliphatic carbocycles. The van der Waals surface area contributed by atoms with E-state index in [1.165, 1.54) is 17.8 Å². The summed E-state index contributed by atoms with van der Waals surface area (Å²) in [5.74, 6) is -1.82. The van der Waals surface area contributed by atoms with E-state index >= 15 is 4.39 Å². The van der Waals surface area contributed by atoms with Gasteiger partial charge in [-0.2, -0.15) is 0 Å². The lowest BCUT2D eigenvalue weighted by atomic mass is 9.78. The number of thioether (sulfide) groups is 1. The first-order chi connectivity index (χ1) is 23.0. The monoisotopic (exact) mass is 645 g/mol. The van der Waals surface area contributed by atoms with Crippen molar-refractivity contribution in [2.75, 3.05) is 19.0 Å². The fourth-order valence-electron chi connectivity index (χ4n) is 6.84. The topological polar surface area (TPSA) is 47.9 Å². The Bertz CT molecular complexity index is 1780. The molecule has 0 unspecified atom stereocenters. The Morgan fingerprint density at radius 2 is 1.34 bits per heavy atom. The van der Waals surface area contributed by atoms with Gasteiger partial charge in [-0.15, -0.1) is 11.8 Å². The predicted molar refractivity (Wildman–Crippen MR) is 182 cm³/mol. The zero-order valence-electron chi connectivity index (χ0n) is 25.6. The molecule has 0 radical (unpaired) electrons. The molecule has 3 atom stereocenters. The first-order valence-electron chi connectivity index (χ1n) is 15.7. The maximum absolute atomic E-state index is 15.6. The Labute approximate surface area is 277 Å². The minimum absolute atomic E-state index is 0.0324. The van der Waals surface area contributed by atoms with Crippen molar-refractivity contribution in [3.63, 3.8) is 0 Å². The number of ether oxygens (including phenoxy) is 2.